The normalized spacial score (nSPS) is 17.4. The summed E-state index contributed by atoms with van der Waals surface area (Å²) in [4.78, 5) is 21.3. The van der Waals surface area contributed by atoms with E-state index in [0.717, 1.165) is 39.7 Å². The van der Waals surface area contributed by atoms with Crippen molar-refractivity contribution in [3.63, 3.8) is 0 Å². The van der Waals surface area contributed by atoms with Gasteiger partial charge in [-0.2, -0.15) is 0 Å². The molecule has 1 unspecified atom stereocenters. The lowest BCUT2D eigenvalue weighted by Crippen LogP contribution is -2.30. The Morgan fingerprint density at radius 3 is 3.27 bits per heavy atom. The molecule has 2 aromatic heterocycles. The maximum atomic E-state index is 12.5. The molecule has 0 aliphatic carbocycles. The van der Waals surface area contributed by atoms with E-state index in [1.165, 1.54) is 0 Å². The molecule has 112 valence electrons. The summed E-state index contributed by atoms with van der Waals surface area (Å²) >= 11 is 1.67. The predicted molar refractivity (Wildman–Crippen MR) is 87.0 cm³/mol. The van der Waals surface area contributed by atoms with E-state index in [-0.39, 0.29) is 11.8 Å². The molecular weight excluding hydrogens is 296 g/mol. The topological polar surface area (TPSA) is 59.8 Å². The Labute approximate surface area is 132 Å². The fraction of sp³-hybridized carbons (Fsp3) is 0.312. The van der Waals surface area contributed by atoms with Gasteiger partial charge in [-0.05, 0) is 31.5 Å². The van der Waals surface area contributed by atoms with Crippen LogP contribution in [0.5, 0.6) is 0 Å². The van der Waals surface area contributed by atoms with Gasteiger partial charge in [-0.15, -0.1) is 11.3 Å². The highest BCUT2D eigenvalue weighted by atomic mass is 32.1. The molecule has 1 aliphatic heterocycles. The minimum absolute atomic E-state index is 0.0113. The molecule has 3 heterocycles. The quantitative estimate of drug-likeness (QED) is 0.791. The largest absolute Gasteiger partial charge is 0.335 e. The van der Waals surface area contributed by atoms with Crippen LogP contribution >= 0.6 is 11.3 Å². The van der Waals surface area contributed by atoms with Crippen LogP contribution in [0, 0.1) is 12.8 Å². The van der Waals surface area contributed by atoms with Gasteiger partial charge in [0.2, 0.25) is 5.91 Å². The van der Waals surface area contributed by atoms with E-state index in [4.69, 9.17) is 0 Å². The van der Waals surface area contributed by atoms with Gasteiger partial charge in [0.25, 0.3) is 0 Å². The summed E-state index contributed by atoms with van der Waals surface area (Å²) in [6, 6.07) is 5.91. The van der Waals surface area contributed by atoms with E-state index >= 15 is 0 Å². The average Bonchev–Trinajstić information content (AvgIpc) is 3.10. The number of carbonyl (C=O) groups is 1. The minimum Gasteiger partial charge on any atom is -0.335 e. The zero-order chi connectivity index (χ0) is 15.1. The zero-order valence-corrected chi connectivity index (χ0v) is 13.1. The second-order valence-corrected chi connectivity index (χ2v) is 6.87. The molecule has 3 aromatic rings. The molecule has 5 nitrogen and oxygen atoms in total. The minimum atomic E-state index is -0.0113. The summed E-state index contributed by atoms with van der Waals surface area (Å²) < 4.78 is 3.27. The molecular formula is C16H16N4OS. The SMILES string of the molecule is Cc1nc2cc(NC(=O)C3CCn4ccnc4C3)ccc2s1. The number of anilines is 1. The molecule has 4 rings (SSSR count). The zero-order valence-electron chi connectivity index (χ0n) is 12.2. The number of amides is 1. The van der Waals surface area contributed by atoms with Gasteiger partial charge in [0.05, 0.1) is 15.2 Å². The highest BCUT2D eigenvalue weighted by molar-refractivity contribution is 7.18. The van der Waals surface area contributed by atoms with E-state index in [2.05, 4.69) is 19.9 Å². The first-order valence-electron chi connectivity index (χ1n) is 7.37. The monoisotopic (exact) mass is 312 g/mol. The molecule has 22 heavy (non-hydrogen) atoms. The van der Waals surface area contributed by atoms with Crippen LogP contribution in [0.1, 0.15) is 17.3 Å². The molecule has 0 saturated heterocycles. The standard InChI is InChI=1S/C16H16N4OS/c1-10-18-13-9-12(2-3-14(13)22-10)19-16(21)11-4-6-20-7-5-17-15(20)8-11/h2-3,5,7,9,11H,4,6,8H2,1H3,(H,19,21). The summed E-state index contributed by atoms with van der Waals surface area (Å²) in [5.74, 6) is 1.06. The number of hydrogen-bond acceptors (Lipinski definition) is 4. The van der Waals surface area contributed by atoms with Crippen molar-refractivity contribution in [1.29, 1.82) is 0 Å². The van der Waals surface area contributed by atoms with Crippen LogP contribution in [0.15, 0.2) is 30.6 Å². The Morgan fingerprint density at radius 2 is 2.36 bits per heavy atom. The number of aryl methyl sites for hydroxylation is 2. The number of imidazole rings is 1. The number of nitrogens with zero attached hydrogens (tertiary/aromatic N) is 3. The fourth-order valence-corrected chi connectivity index (χ4v) is 3.75. The Kier molecular flexibility index (Phi) is 3.18. The van der Waals surface area contributed by atoms with Gasteiger partial charge < -0.3 is 9.88 Å². The van der Waals surface area contributed by atoms with Crippen LogP contribution in [0.4, 0.5) is 5.69 Å². The van der Waals surface area contributed by atoms with Crippen molar-refractivity contribution >= 4 is 33.1 Å². The number of fused-ring (bicyclic) bond motifs is 2. The van der Waals surface area contributed by atoms with Crippen molar-refractivity contribution < 1.29 is 4.79 Å². The Bertz CT molecular complexity index is 851. The molecule has 1 amide bonds. The highest BCUT2D eigenvalue weighted by Crippen LogP contribution is 2.26. The molecule has 6 heteroatoms. The number of nitrogens with one attached hydrogen (secondary N) is 1. The maximum absolute atomic E-state index is 12.5. The van der Waals surface area contributed by atoms with E-state index < -0.39 is 0 Å². The summed E-state index contributed by atoms with van der Waals surface area (Å²) in [5, 5.41) is 4.06. The van der Waals surface area contributed by atoms with Crippen LogP contribution in [0.3, 0.4) is 0 Å². The van der Waals surface area contributed by atoms with Gasteiger partial charge in [-0.1, -0.05) is 0 Å². The number of benzene rings is 1. The lowest BCUT2D eigenvalue weighted by atomic mass is 9.97. The Morgan fingerprint density at radius 1 is 1.45 bits per heavy atom. The molecule has 1 aliphatic rings. The molecule has 0 bridgehead atoms. The molecule has 0 saturated carbocycles. The molecule has 1 atom stereocenters. The van der Waals surface area contributed by atoms with Gasteiger partial charge in [0.1, 0.15) is 5.82 Å². The number of carbonyl (C=O) groups excluding carboxylic acids is 1. The second-order valence-electron chi connectivity index (χ2n) is 5.63. The first-order chi connectivity index (χ1) is 10.7. The highest BCUT2D eigenvalue weighted by Gasteiger charge is 2.25. The fourth-order valence-electron chi connectivity index (χ4n) is 2.94. The van der Waals surface area contributed by atoms with Gasteiger partial charge in [-0.3, -0.25) is 4.79 Å². The third kappa shape index (κ3) is 2.39. The molecule has 1 N–H and O–H groups in total. The van der Waals surface area contributed by atoms with Crippen LogP contribution in [0.2, 0.25) is 0 Å². The van der Waals surface area contributed by atoms with Crippen molar-refractivity contribution in [1.82, 2.24) is 14.5 Å². The number of rotatable bonds is 2. The van der Waals surface area contributed by atoms with E-state index in [9.17, 15) is 4.79 Å². The molecule has 1 aromatic carbocycles. The third-order valence-electron chi connectivity index (χ3n) is 4.08. The van der Waals surface area contributed by atoms with Gasteiger partial charge in [0.15, 0.2) is 0 Å². The van der Waals surface area contributed by atoms with Gasteiger partial charge >= 0.3 is 0 Å². The van der Waals surface area contributed by atoms with Crippen LogP contribution < -0.4 is 5.32 Å². The van der Waals surface area contributed by atoms with Crippen LogP contribution in [-0.2, 0) is 17.8 Å². The summed E-state index contributed by atoms with van der Waals surface area (Å²) in [7, 11) is 0. The maximum Gasteiger partial charge on any atom is 0.228 e. The Balaban J connectivity index is 1.51. The first-order valence-corrected chi connectivity index (χ1v) is 8.19. The summed E-state index contributed by atoms with van der Waals surface area (Å²) in [5.41, 5.74) is 1.76. The number of hydrogen-bond donors (Lipinski definition) is 1. The molecule has 0 radical (unpaired) electrons. The van der Waals surface area contributed by atoms with Crippen LogP contribution in [-0.4, -0.2) is 20.4 Å². The summed E-state index contributed by atoms with van der Waals surface area (Å²) in [6.07, 6.45) is 5.33. The van der Waals surface area contributed by atoms with Gasteiger partial charge in [0, 0.05) is 37.0 Å². The molecule has 0 spiro atoms. The molecule has 0 fully saturated rings. The third-order valence-corrected chi connectivity index (χ3v) is 5.03. The smallest absolute Gasteiger partial charge is 0.228 e. The van der Waals surface area contributed by atoms with Crippen molar-refractivity contribution in [2.75, 3.05) is 5.32 Å². The van der Waals surface area contributed by atoms with Crippen molar-refractivity contribution in [3.05, 3.63) is 41.4 Å². The number of thiazole rings is 1. The first kappa shape index (κ1) is 13.5. The predicted octanol–water partition coefficient (Wildman–Crippen LogP) is 3.00. The average molecular weight is 312 g/mol. The van der Waals surface area contributed by atoms with Crippen molar-refractivity contribution in [2.45, 2.75) is 26.3 Å². The van der Waals surface area contributed by atoms with Crippen molar-refractivity contribution in [2.24, 2.45) is 5.92 Å². The van der Waals surface area contributed by atoms with Crippen molar-refractivity contribution in [3.8, 4) is 0 Å². The van der Waals surface area contributed by atoms with E-state index in [0.29, 0.717) is 6.42 Å². The van der Waals surface area contributed by atoms with Crippen LogP contribution in [0.25, 0.3) is 10.2 Å². The van der Waals surface area contributed by atoms with E-state index in [1.807, 2.05) is 31.3 Å². The summed E-state index contributed by atoms with van der Waals surface area (Å²) in [6.45, 7) is 2.85. The second kappa shape index (κ2) is 5.21. The lowest BCUT2D eigenvalue weighted by Gasteiger charge is -2.22. The lowest BCUT2D eigenvalue weighted by molar-refractivity contribution is -0.120. The number of aromatic nitrogens is 3. The van der Waals surface area contributed by atoms with Gasteiger partial charge in [-0.25, -0.2) is 9.97 Å². The van der Waals surface area contributed by atoms with E-state index in [1.54, 1.807) is 17.5 Å². The Hall–Kier alpha value is -2.21.